The van der Waals surface area contributed by atoms with Gasteiger partial charge < -0.3 is 15.1 Å². The lowest BCUT2D eigenvalue weighted by atomic mass is 9.89. The lowest BCUT2D eigenvalue weighted by Gasteiger charge is -2.41. The fourth-order valence-electron chi connectivity index (χ4n) is 6.02. The summed E-state index contributed by atoms with van der Waals surface area (Å²) in [4.78, 5) is 53.5. The van der Waals surface area contributed by atoms with Crippen molar-refractivity contribution >= 4 is 17.7 Å². The monoisotopic (exact) mass is 615 g/mol. The van der Waals surface area contributed by atoms with E-state index in [0.29, 0.717) is 6.54 Å². The minimum atomic E-state index is -0.928. The quantitative estimate of drug-likeness (QED) is 0.200. The Morgan fingerprint density at radius 2 is 1.50 bits per heavy atom. The molecule has 3 amide bonds. The van der Waals surface area contributed by atoms with E-state index >= 15 is 0 Å². The average Bonchev–Trinajstić information content (AvgIpc) is 3.11. The summed E-state index contributed by atoms with van der Waals surface area (Å²) < 4.78 is 0. The maximum absolute atomic E-state index is 14.4. The molecular weight excluding hydrogens is 574 g/mol. The van der Waals surface area contributed by atoms with Gasteiger partial charge in [-0.05, 0) is 29.0 Å². The molecule has 0 bridgehead atoms. The fourth-order valence-corrected chi connectivity index (χ4v) is 6.02. The van der Waals surface area contributed by atoms with E-state index in [4.69, 9.17) is 0 Å². The molecule has 1 aliphatic heterocycles. The molecule has 1 aliphatic rings. The molecule has 1 aromatic heterocycles. The third-order valence-corrected chi connectivity index (χ3v) is 8.51. The number of hydrogen-bond donors (Lipinski definition) is 1. The molecule has 236 valence electrons. The van der Waals surface area contributed by atoms with E-state index in [2.05, 4.69) is 46.5 Å². The summed E-state index contributed by atoms with van der Waals surface area (Å²) in [6.07, 6.45) is 10.7. The Bertz CT molecular complexity index is 1560. The molecular formula is C38H41N5O3. The van der Waals surface area contributed by atoms with Crippen LogP contribution in [0.4, 0.5) is 0 Å². The highest BCUT2D eigenvalue weighted by atomic mass is 16.2. The Morgan fingerprint density at radius 1 is 0.870 bits per heavy atom. The smallest absolute Gasteiger partial charge is 0.272 e. The second-order valence-corrected chi connectivity index (χ2v) is 11.8. The fraction of sp³-hybridized carbons (Fsp3) is 0.289. The van der Waals surface area contributed by atoms with Crippen molar-refractivity contribution in [1.82, 2.24) is 25.1 Å². The van der Waals surface area contributed by atoms with E-state index in [0.717, 1.165) is 36.0 Å². The minimum absolute atomic E-state index is 0.0538. The maximum atomic E-state index is 14.4. The highest BCUT2D eigenvalue weighted by Gasteiger charge is 2.41. The summed E-state index contributed by atoms with van der Waals surface area (Å²) in [5.74, 6) is -1.14. The first kappa shape index (κ1) is 32.3. The van der Waals surface area contributed by atoms with Gasteiger partial charge in [-0.15, -0.1) is 0 Å². The summed E-state index contributed by atoms with van der Waals surface area (Å²) in [5.41, 5.74) is 3.22. The molecule has 0 saturated carbocycles. The van der Waals surface area contributed by atoms with Gasteiger partial charge in [-0.2, -0.15) is 0 Å². The van der Waals surface area contributed by atoms with Gasteiger partial charge in [-0.25, -0.2) is 4.98 Å². The maximum Gasteiger partial charge on any atom is 0.272 e. The van der Waals surface area contributed by atoms with Crippen LogP contribution in [0.5, 0.6) is 0 Å². The predicted octanol–water partition coefficient (Wildman–Crippen LogP) is 5.99. The zero-order valence-corrected chi connectivity index (χ0v) is 26.4. The molecule has 0 spiro atoms. The summed E-state index contributed by atoms with van der Waals surface area (Å²) in [6.45, 7) is 4.58. The van der Waals surface area contributed by atoms with Crippen LogP contribution in [0, 0.1) is 5.92 Å². The Kier molecular flexibility index (Phi) is 11.1. The van der Waals surface area contributed by atoms with Crippen molar-refractivity contribution in [3.63, 3.8) is 0 Å². The largest absolute Gasteiger partial charge is 0.338 e. The van der Waals surface area contributed by atoms with Gasteiger partial charge in [0.15, 0.2) is 0 Å². The first-order valence-electron chi connectivity index (χ1n) is 16.0. The van der Waals surface area contributed by atoms with Crippen molar-refractivity contribution < 1.29 is 14.4 Å². The number of carbonyl (C=O) groups is 3. The van der Waals surface area contributed by atoms with Gasteiger partial charge in [0.25, 0.3) is 5.91 Å². The number of aromatic nitrogens is 2. The van der Waals surface area contributed by atoms with E-state index in [-0.39, 0.29) is 35.8 Å². The third-order valence-electron chi connectivity index (χ3n) is 8.51. The van der Waals surface area contributed by atoms with Crippen LogP contribution >= 0.6 is 0 Å². The molecule has 8 nitrogen and oxygen atoms in total. The second kappa shape index (κ2) is 15.8. The van der Waals surface area contributed by atoms with Crippen LogP contribution in [-0.4, -0.2) is 56.1 Å². The molecule has 0 saturated heterocycles. The van der Waals surface area contributed by atoms with Crippen LogP contribution in [0.3, 0.4) is 0 Å². The summed E-state index contributed by atoms with van der Waals surface area (Å²) in [6, 6.07) is 28.2. The molecule has 5 rings (SSSR count). The SMILES string of the molecule is CCCC[C@H](C)[C@@H]1C(=O)N(CC(c2ccccc2)c2ccccc2)C=CN1C(=O)[C@@H](Cc1ccccc1)NC(=O)c1cnccn1. The number of nitrogens with one attached hydrogen (secondary N) is 1. The molecule has 0 aliphatic carbocycles. The molecule has 1 N–H and O–H groups in total. The molecule has 2 heterocycles. The Balaban J connectivity index is 1.47. The molecule has 3 atom stereocenters. The molecule has 4 aromatic rings. The van der Waals surface area contributed by atoms with Crippen LogP contribution in [-0.2, 0) is 16.0 Å². The standard InChI is InChI=1S/C38H41N5O3/c1-3-4-14-28(2)35-38(46)42(27-32(30-17-10-6-11-18-30)31-19-12-7-13-20-31)23-24-43(35)37(45)33(25-29-15-8-5-9-16-29)41-36(44)34-26-39-21-22-40-34/h5-13,15-24,26,28,32-33,35H,3-4,14,25,27H2,1-2H3,(H,41,44)/t28-,33+,35+/m0/s1. The topological polar surface area (TPSA) is 95.5 Å². The van der Waals surface area contributed by atoms with E-state index in [1.807, 2.05) is 73.7 Å². The number of unbranched alkanes of at least 4 members (excludes halogenated alkanes) is 1. The zero-order valence-electron chi connectivity index (χ0n) is 26.4. The van der Waals surface area contributed by atoms with Gasteiger partial charge in [-0.3, -0.25) is 19.4 Å². The highest BCUT2D eigenvalue weighted by molar-refractivity contribution is 5.98. The van der Waals surface area contributed by atoms with E-state index in [1.165, 1.54) is 18.6 Å². The number of nitrogens with zero attached hydrogens (tertiary/aromatic N) is 4. The van der Waals surface area contributed by atoms with E-state index in [1.54, 1.807) is 22.2 Å². The average molecular weight is 616 g/mol. The van der Waals surface area contributed by atoms with E-state index in [9.17, 15) is 14.4 Å². The highest BCUT2D eigenvalue weighted by Crippen LogP contribution is 2.30. The molecule has 3 aromatic carbocycles. The van der Waals surface area contributed by atoms with Crippen molar-refractivity contribution in [3.05, 3.63) is 144 Å². The van der Waals surface area contributed by atoms with E-state index < -0.39 is 18.0 Å². The first-order chi connectivity index (χ1) is 22.5. The van der Waals surface area contributed by atoms with Crippen molar-refractivity contribution in [1.29, 1.82) is 0 Å². The van der Waals surface area contributed by atoms with Gasteiger partial charge in [0, 0.05) is 43.7 Å². The van der Waals surface area contributed by atoms with Gasteiger partial charge >= 0.3 is 0 Å². The van der Waals surface area contributed by atoms with Crippen LogP contribution in [0.15, 0.2) is 122 Å². The molecule has 0 fully saturated rings. The van der Waals surface area contributed by atoms with Gasteiger partial charge in [0.2, 0.25) is 11.8 Å². The van der Waals surface area contributed by atoms with Gasteiger partial charge in [0.1, 0.15) is 17.8 Å². The molecule has 46 heavy (non-hydrogen) atoms. The summed E-state index contributed by atoms with van der Waals surface area (Å²) in [7, 11) is 0. The number of hydrogen-bond acceptors (Lipinski definition) is 5. The van der Waals surface area contributed by atoms with Crippen LogP contribution < -0.4 is 5.32 Å². The number of rotatable bonds is 13. The second-order valence-electron chi connectivity index (χ2n) is 11.8. The lowest BCUT2D eigenvalue weighted by molar-refractivity contribution is -0.146. The Morgan fingerprint density at radius 3 is 2.09 bits per heavy atom. The Labute approximate surface area is 271 Å². The van der Waals surface area contributed by atoms with Crippen molar-refractivity contribution in [3.8, 4) is 0 Å². The predicted molar refractivity (Wildman–Crippen MR) is 178 cm³/mol. The molecule has 0 unspecified atom stereocenters. The van der Waals surface area contributed by atoms with Gasteiger partial charge in [-0.1, -0.05) is 118 Å². The molecule has 0 radical (unpaired) electrons. The number of benzene rings is 3. The van der Waals surface area contributed by atoms with Crippen LogP contribution in [0.1, 0.15) is 66.2 Å². The van der Waals surface area contributed by atoms with Crippen molar-refractivity contribution in [2.24, 2.45) is 5.92 Å². The minimum Gasteiger partial charge on any atom is -0.338 e. The lowest BCUT2D eigenvalue weighted by Crippen LogP contribution is -2.58. The summed E-state index contributed by atoms with van der Waals surface area (Å²) in [5, 5.41) is 2.89. The van der Waals surface area contributed by atoms with Crippen LogP contribution in [0.25, 0.3) is 0 Å². The first-order valence-corrected chi connectivity index (χ1v) is 16.0. The third kappa shape index (κ3) is 7.93. The number of carbonyl (C=O) groups excluding carboxylic acids is 3. The van der Waals surface area contributed by atoms with Crippen molar-refractivity contribution in [2.45, 2.75) is 57.5 Å². The van der Waals surface area contributed by atoms with Gasteiger partial charge in [0.05, 0.1) is 6.20 Å². The summed E-state index contributed by atoms with van der Waals surface area (Å²) >= 11 is 0. The Hall–Kier alpha value is -5.11. The molecule has 8 heteroatoms. The normalized spacial score (nSPS) is 15.9. The van der Waals surface area contributed by atoms with Crippen LogP contribution in [0.2, 0.25) is 0 Å². The number of amides is 3. The van der Waals surface area contributed by atoms with Crippen molar-refractivity contribution in [2.75, 3.05) is 6.54 Å². The zero-order chi connectivity index (χ0) is 32.3.